The maximum atomic E-state index is 6.22. The highest BCUT2D eigenvalue weighted by atomic mass is 35.5. The van der Waals surface area contributed by atoms with Crippen LogP contribution in [0.4, 0.5) is 5.82 Å². The number of hydrogen-bond donors (Lipinski definition) is 1. The van der Waals surface area contributed by atoms with Crippen LogP contribution in [0.1, 0.15) is 0 Å². The lowest BCUT2D eigenvalue weighted by atomic mass is 10.0. The van der Waals surface area contributed by atoms with Crippen LogP contribution < -0.4 is 5.73 Å². The molecular formula is C15H10Cl2N2. The maximum Gasteiger partial charge on any atom is 0.123 e. The molecule has 0 saturated carbocycles. The molecule has 4 heteroatoms. The topological polar surface area (TPSA) is 38.9 Å². The van der Waals surface area contributed by atoms with E-state index in [-0.39, 0.29) is 0 Å². The third-order valence-corrected chi connectivity index (χ3v) is 3.62. The van der Waals surface area contributed by atoms with Crippen LogP contribution in [0.15, 0.2) is 48.7 Å². The van der Waals surface area contributed by atoms with Crippen molar-refractivity contribution in [1.82, 2.24) is 4.98 Å². The van der Waals surface area contributed by atoms with E-state index in [2.05, 4.69) is 4.98 Å². The Morgan fingerprint density at radius 3 is 2.37 bits per heavy atom. The average molecular weight is 289 g/mol. The molecule has 0 aliphatic rings. The zero-order valence-corrected chi connectivity index (χ0v) is 11.4. The van der Waals surface area contributed by atoms with Crippen LogP contribution in [0.5, 0.6) is 0 Å². The highest BCUT2D eigenvalue weighted by Crippen LogP contribution is 2.35. The minimum absolute atomic E-state index is 0.510. The van der Waals surface area contributed by atoms with Crippen molar-refractivity contribution >= 4 is 39.8 Å². The van der Waals surface area contributed by atoms with Crippen LogP contribution in [0.25, 0.3) is 21.9 Å². The van der Waals surface area contributed by atoms with E-state index in [0.717, 1.165) is 21.9 Å². The lowest BCUT2D eigenvalue weighted by Gasteiger charge is -2.08. The number of hydrogen-bond acceptors (Lipinski definition) is 2. The number of rotatable bonds is 1. The number of nitrogen functional groups attached to an aromatic ring is 1. The number of fused-ring (bicyclic) bond motifs is 1. The molecule has 2 aromatic carbocycles. The van der Waals surface area contributed by atoms with Crippen LogP contribution in [0.3, 0.4) is 0 Å². The first-order chi connectivity index (χ1) is 9.15. The molecule has 2 nitrogen and oxygen atoms in total. The number of pyridine rings is 1. The number of aromatic nitrogens is 1. The average Bonchev–Trinajstić information content (AvgIpc) is 2.38. The minimum atomic E-state index is 0.510. The molecule has 1 heterocycles. The van der Waals surface area contributed by atoms with E-state index in [0.29, 0.717) is 15.9 Å². The van der Waals surface area contributed by atoms with E-state index in [9.17, 15) is 0 Å². The van der Waals surface area contributed by atoms with Gasteiger partial charge in [-0.25, -0.2) is 4.98 Å². The van der Waals surface area contributed by atoms with Crippen LogP contribution >= 0.6 is 23.2 Å². The molecule has 0 unspecified atom stereocenters. The van der Waals surface area contributed by atoms with Crippen LogP contribution in [-0.2, 0) is 0 Å². The normalized spacial score (nSPS) is 10.8. The first-order valence-corrected chi connectivity index (χ1v) is 6.50. The summed E-state index contributed by atoms with van der Waals surface area (Å²) in [6.07, 6.45) is 1.75. The Labute approximate surface area is 120 Å². The highest BCUT2D eigenvalue weighted by Gasteiger charge is 2.08. The Balaban J connectivity index is 2.24. The fraction of sp³-hybridized carbons (Fsp3) is 0. The molecule has 0 atom stereocenters. The predicted octanol–water partition coefficient (Wildman–Crippen LogP) is 4.79. The van der Waals surface area contributed by atoms with Crippen LogP contribution in [-0.4, -0.2) is 4.98 Å². The van der Waals surface area contributed by atoms with E-state index >= 15 is 0 Å². The summed E-state index contributed by atoms with van der Waals surface area (Å²) in [5.41, 5.74) is 7.47. The van der Waals surface area contributed by atoms with Gasteiger partial charge in [-0.05, 0) is 35.2 Å². The Kier molecular flexibility index (Phi) is 3.05. The maximum absolute atomic E-state index is 6.22. The Bertz CT molecular complexity index is 749. The fourth-order valence-electron chi connectivity index (χ4n) is 2.09. The van der Waals surface area contributed by atoms with E-state index in [4.69, 9.17) is 28.9 Å². The van der Waals surface area contributed by atoms with E-state index < -0.39 is 0 Å². The van der Waals surface area contributed by atoms with Gasteiger partial charge in [-0.2, -0.15) is 0 Å². The SMILES string of the molecule is Nc1cc2ccc(-c3c(Cl)cccc3Cl)cc2cn1. The Morgan fingerprint density at radius 1 is 0.895 bits per heavy atom. The van der Waals surface area contributed by atoms with Gasteiger partial charge in [0.25, 0.3) is 0 Å². The Hall–Kier alpha value is -1.77. The summed E-state index contributed by atoms with van der Waals surface area (Å²) in [7, 11) is 0. The number of anilines is 1. The minimum Gasteiger partial charge on any atom is -0.384 e. The molecule has 0 fully saturated rings. The molecule has 0 bridgehead atoms. The zero-order chi connectivity index (χ0) is 13.4. The van der Waals surface area contributed by atoms with E-state index in [1.54, 1.807) is 6.20 Å². The fourth-order valence-corrected chi connectivity index (χ4v) is 2.70. The quantitative estimate of drug-likeness (QED) is 0.699. The molecule has 0 aliphatic heterocycles. The largest absolute Gasteiger partial charge is 0.384 e. The monoisotopic (exact) mass is 288 g/mol. The van der Waals surface area contributed by atoms with Gasteiger partial charge in [0, 0.05) is 27.2 Å². The molecule has 0 radical (unpaired) electrons. The van der Waals surface area contributed by atoms with Gasteiger partial charge < -0.3 is 5.73 Å². The van der Waals surface area contributed by atoms with Gasteiger partial charge in [0.1, 0.15) is 5.82 Å². The summed E-state index contributed by atoms with van der Waals surface area (Å²) in [5, 5.41) is 3.31. The second-order valence-electron chi connectivity index (χ2n) is 4.27. The van der Waals surface area contributed by atoms with Crippen molar-refractivity contribution in [2.24, 2.45) is 0 Å². The lowest BCUT2D eigenvalue weighted by Crippen LogP contribution is -1.89. The van der Waals surface area contributed by atoms with E-state index in [1.165, 1.54) is 0 Å². The van der Waals surface area contributed by atoms with Crippen molar-refractivity contribution in [3.05, 3.63) is 58.7 Å². The highest BCUT2D eigenvalue weighted by molar-refractivity contribution is 6.39. The van der Waals surface area contributed by atoms with Crippen molar-refractivity contribution in [2.75, 3.05) is 5.73 Å². The molecule has 0 saturated heterocycles. The summed E-state index contributed by atoms with van der Waals surface area (Å²) in [4.78, 5) is 4.10. The molecule has 0 aliphatic carbocycles. The van der Waals surface area contributed by atoms with Crippen molar-refractivity contribution < 1.29 is 0 Å². The molecule has 0 spiro atoms. The second-order valence-corrected chi connectivity index (χ2v) is 5.08. The predicted molar refractivity (Wildman–Crippen MR) is 81.6 cm³/mol. The first-order valence-electron chi connectivity index (χ1n) is 5.75. The van der Waals surface area contributed by atoms with Gasteiger partial charge in [-0.15, -0.1) is 0 Å². The number of benzene rings is 2. The molecule has 3 rings (SSSR count). The number of nitrogens with zero attached hydrogens (tertiary/aromatic N) is 1. The molecule has 19 heavy (non-hydrogen) atoms. The van der Waals surface area contributed by atoms with Gasteiger partial charge in [0.05, 0.1) is 0 Å². The summed E-state index contributed by atoms with van der Waals surface area (Å²) < 4.78 is 0. The van der Waals surface area contributed by atoms with Crippen molar-refractivity contribution in [1.29, 1.82) is 0 Å². The van der Waals surface area contributed by atoms with Gasteiger partial charge in [0.15, 0.2) is 0 Å². The third-order valence-electron chi connectivity index (χ3n) is 2.99. The van der Waals surface area contributed by atoms with E-state index in [1.807, 2.05) is 42.5 Å². The van der Waals surface area contributed by atoms with Gasteiger partial charge in [0.2, 0.25) is 0 Å². The van der Waals surface area contributed by atoms with Gasteiger partial charge in [-0.1, -0.05) is 41.4 Å². The van der Waals surface area contributed by atoms with Crippen LogP contribution in [0.2, 0.25) is 10.0 Å². The zero-order valence-electron chi connectivity index (χ0n) is 9.90. The molecule has 94 valence electrons. The van der Waals surface area contributed by atoms with Crippen molar-refractivity contribution in [3.63, 3.8) is 0 Å². The van der Waals surface area contributed by atoms with Crippen molar-refractivity contribution in [2.45, 2.75) is 0 Å². The second kappa shape index (κ2) is 4.72. The number of halogens is 2. The lowest BCUT2D eigenvalue weighted by molar-refractivity contribution is 1.37. The Morgan fingerprint density at radius 2 is 1.63 bits per heavy atom. The molecule has 3 aromatic rings. The van der Waals surface area contributed by atoms with Gasteiger partial charge in [-0.3, -0.25) is 0 Å². The summed E-state index contributed by atoms with van der Waals surface area (Å²) in [6, 6.07) is 13.3. The first kappa shape index (κ1) is 12.3. The summed E-state index contributed by atoms with van der Waals surface area (Å²) in [5.74, 6) is 0.510. The van der Waals surface area contributed by atoms with Gasteiger partial charge >= 0.3 is 0 Å². The standard InChI is InChI=1S/C15H10Cl2N2/c16-12-2-1-3-13(17)15(12)10-5-4-9-7-14(18)19-8-11(9)6-10/h1-8H,(H2,18,19). The smallest absolute Gasteiger partial charge is 0.123 e. The molecule has 0 amide bonds. The summed E-state index contributed by atoms with van der Waals surface area (Å²) >= 11 is 12.4. The molecule has 1 aromatic heterocycles. The van der Waals surface area contributed by atoms with Crippen LogP contribution in [0, 0.1) is 0 Å². The van der Waals surface area contributed by atoms with Crippen molar-refractivity contribution in [3.8, 4) is 11.1 Å². The summed E-state index contributed by atoms with van der Waals surface area (Å²) in [6.45, 7) is 0. The molecule has 2 N–H and O–H groups in total. The molecular weight excluding hydrogens is 279 g/mol. The number of nitrogens with two attached hydrogens (primary N) is 1. The third kappa shape index (κ3) is 2.25.